The average molecular weight is 478 g/mol. The number of hydrogen-bond donors (Lipinski definition) is 1. The van der Waals surface area contributed by atoms with Gasteiger partial charge in [-0.15, -0.1) is 0 Å². The van der Waals surface area contributed by atoms with Gasteiger partial charge in [0.15, 0.2) is 0 Å². The zero-order chi connectivity index (χ0) is 23.9. The number of methoxy groups -OCH3 is 1. The van der Waals surface area contributed by atoms with Crippen molar-refractivity contribution in [2.75, 3.05) is 12.0 Å². The number of amides is 1. The Morgan fingerprint density at radius 2 is 1.88 bits per heavy atom. The minimum atomic E-state index is -4.66. The number of nitrogens with zero attached hydrogens (tertiary/aromatic N) is 1. The van der Waals surface area contributed by atoms with E-state index in [-0.39, 0.29) is 27.6 Å². The molecule has 0 aliphatic carbocycles. The van der Waals surface area contributed by atoms with Crippen LogP contribution in [-0.4, -0.2) is 23.9 Å². The maximum atomic E-state index is 13.3. The third-order valence-electron chi connectivity index (χ3n) is 5.13. The van der Waals surface area contributed by atoms with Crippen molar-refractivity contribution in [3.05, 3.63) is 88.3 Å². The van der Waals surface area contributed by atoms with Crippen molar-refractivity contribution in [1.82, 2.24) is 0 Å². The van der Waals surface area contributed by atoms with Crippen LogP contribution in [0.1, 0.15) is 22.9 Å². The summed E-state index contributed by atoms with van der Waals surface area (Å²) in [7, 11) is 1.40. The van der Waals surface area contributed by atoms with Gasteiger partial charge in [-0.3, -0.25) is 14.5 Å². The summed E-state index contributed by atoms with van der Waals surface area (Å²) in [5, 5.41) is 11.1. The third kappa shape index (κ3) is 3.95. The van der Waals surface area contributed by atoms with Gasteiger partial charge >= 0.3 is 6.18 Å². The van der Waals surface area contributed by atoms with Gasteiger partial charge in [0.25, 0.3) is 11.7 Å². The molecule has 1 atom stereocenters. The molecule has 0 spiro atoms. The smallest absolute Gasteiger partial charge is 0.416 e. The van der Waals surface area contributed by atoms with E-state index in [4.69, 9.17) is 20.8 Å². The van der Waals surface area contributed by atoms with Crippen molar-refractivity contribution in [3.63, 3.8) is 0 Å². The summed E-state index contributed by atoms with van der Waals surface area (Å²) in [4.78, 5) is 26.8. The number of benzene rings is 2. The predicted octanol–water partition coefficient (Wildman–Crippen LogP) is 5.59. The number of ketones is 1. The molecule has 33 heavy (non-hydrogen) atoms. The van der Waals surface area contributed by atoms with E-state index in [1.165, 1.54) is 49.8 Å². The molecule has 1 fully saturated rings. The van der Waals surface area contributed by atoms with Crippen LogP contribution in [0.25, 0.3) is 5.76 Å². The summed E-state index contributed by atoms with van der Waals surface area (Å²) in [5.74, 6) is -2.36. The van der Waals surface area contributed by atoms with Crippen LogP contribution in [0.4, 0.5) is 18.9 Å². The molecule has 0 bridgehead atoms. The molecule has 2 aromatic carbocycles. The highest BCUT2D eigenvalue weighted by molar-refractivity contribution is 6.51. The quantitative estimate of drug-likeness (QED) is 0.301. The molecule has 3 aromatic rings. The van der Waals surface area contributed by atoms with Gasteiger partial charge in [0.1, 0.15) is 23.3 Å². The van der Waals surface area contributed by atoms with Crippen LogP contribution < -0.4 is 9.64 Å². The Labute approximate surface area is 190 Å². The van der Waals surface area contributed by atoms with Crippen molar-refractivity contribution < 1.29 is 37.0 Å². The van der Waals surface area contributed by atoms with Crippen molar-refractivity contribution in [3.8, 4) is 5.75 Å². The number of ether oxygens (including phenoxy) is 1. The fraction of sp³-hybridized carbons (Fsp3) is 0.130. The second kappa shape index (κ2) is 8.32. The number of hydrogen-bond acceptors (Lipinski definition) is 5. The van der Waals surface area contributed by atoms with Crippen LogP contribution >= 0.6 is 11.6 Å². The van der Waals surface area contributed by atoms with Gasteiger partial charge in [0, 0.05) is 11.3 Å². The van der Waals surface area contributed by atoms with Gasteiger partial charge < -0.3 is 14.3 Å². The zero-order valence-corrected chi connectivity index (χ0v) is 17.6. The second-order valence-corrected chi connectivity index (χ2v) is 7.49. The molecule has 170 valence electrons. The van der Waals surface area contributed by atoms with Gasteiger partial charge in [-0.05, 0) is 48.5 Å². The lowest BCUT2D eigenvalue weighted by Gasteiger charge is -2.24. The van der Waals surface area contributed by atoms with Crippen LogP contribution in [0.5, 0.6) is 5.75 Å². The summed E-state index contributed by atoms with van der Waals surface area (Å²) < 4.78 is 50.2. The minimum absolute atomic E-state index is 0.0766. The van der Waals surface area contributed by atoms with Crippen LogP contribution in [0, 0.1) is 0 Å². The zero-order valence-electron chi connectivity index (χ0n) is 16.9. The van der Waals surface area contributed by atoms with E-state index in [0.717, 1.165) is 23.1 Å². The Bertz CT molecular complexity index is 1270. The number of carbonyl (C=O) groups is 2. The Morgan fingerprint density at radius 1 is 1.12 bits per heavy atom. The lowest BCUT2D eigenvalue weighted by molar-refractivity contribution is -0.137. The molecule has 4 rings (SSSR count). The highest BCUT2D eigenvalue weighted by Crippen LogP contribution is 2.44. The number of Topliss-reactive ketones (excluding diaryl/α,β-unsaturated/α-hetero) is 1. The molecular formula is C23H15ClF3NO5. The molecule has 1 aliphatic rings. The predicted molar refractivity (Wildman–Crippen MR) is 113 cm³/mol. The summed E-state index contributed by atoms with van der Waals surface area (Å²) in [5.41, 5.74) is -1.42. The topological polar surface area (TPSA) is 80.0 Å². The number of aliphatic hydroxyl groups is 1. The molecule has 1 aromatic heterocycles. The van der Waals surface area contributed by atoms with E-state index in [1.54, 1.807) is 0 Å². The number of carbonyl (C=O) groups excluding carboxylic acids is 2. The average Bonchev–Trinajstić information content (AvgIpc) is 3.40. The monoisotopic (exact) mass is 477 g/mol. The Hall–Kier alpha value is -3.72. The standard InChI is InChI=1S/C23H15ClF3NO5/c1-32-16-8-7-12(10-15(16)24)20(29)18-19(17-6-3-9-33-17)28(22(31)21(18)30)14-5-2-4-13(11-14)23(25,26)27/h2-11,19,29H,1H3/b20-18-. The largest absolute Gasteiger partial charge is 0.507 e. The Morgan fingerprint density at radius 3 is 2.48 bits per heavy atom. The summed E-state index contributed by atoms with van der Waals surface area (Å²) >= 11 is 6.12. The van der Waals surface area contributed by atoms with Gasteiger partial charge in [-0.25, -0.2) is 0 Å². The molecule has 1 N–H and O–H groups in total. The fourth-order valence-corrected chi connectivity index (χ4v) is 3.87. The third-order valence-corrected chi connectivity index (χ3v) is 5.43. The van der Waals surface area contributed by atoms with Crippen LogP contribution in [0.2, 0.25) is 5.02 Å². The second-order valence-electron chi connectivity index (χ2n) is 7.08. The maximum Gasteiger partial charge on any atom is 0.416 e. The van der Waals surface area contributed by atoms with E-state index >= 15 is 0 Å². The van der Waals surface area contributed by atoms with Crippen molar-refractivity contribution >= 4 is 34.7 Å². The number of rotatable bonds is 4. The van der Waals surface area contributed by atoms with E-state index in [1.807, 2.05) is 0 Å². The highest BCUT2D eigenvalue weighted by atomic mass is 35.5. The van der Waals surface area contributed by atoms with Crippen LogP contribution in [0.3, 0.4) is 0 Å². The molecule has 1 aliphatic heterocycles. The molecule has 2 heterocycles. The first-order valence-corrected chi connectivity index (χ1v) is 9.87. The molecule has 1 unspecified atom stereocenters. The normalized spacial score (nSPS) is 18.1. The van der Waals surface area contributed by atoms with Gasteiger partial charge in [0.05, 0.1) is 29.5 Å². The van der Waals surface area contributed by atoms with E-state index in [2.05, 4.69) is 0 Å². The van der Waals surface area contributed by atoms with Gasteiger partial charge in [-0.1, -0.05) is 17.7 Å². The molecule has 1 saturated heterocycles. The first-order chi connectivity index (χ1) is 15.6. The fourth-order valence-electron chi connectivity index (χ4n) is 3.62. The molecule has 1 amide bonds. The number of alkyl halides is 3. The molecule has 6 nitrogen and oxygen atoms in total. The first kappa shape index (κ1) is 22.5. The van der Waals surface area contributed by atoms with E-state index in [0.29, 0.717) is 5.75 Å². The highest BCUT2D eigenvalue weighted by Gasteiger charge is 2.48. The summed E-state index contributed by atoms with van der Waals surface area (Å²) in [6.07, 6.45) is -3.38. The molecular weight excluding hydrogens is 463 g/mol. The van der Waals surface area contributed by atoms with Crippen LogP contribution in [-0.2, 0) is 15.8 Å². The van der Waals surface area contributed by atoms with Gasteiger partial charge in [0.2, 0.25) is 0 Å². The first-order valence-electron chi connectivity index (χ1n) is 9.49. The lowest BCUT2D eigenvalue weighted by atomic mass is 9.99. The number of halogens is 4. The Balaban J connectivity index is 1.91. The van der Waals surface area contributed by atoms with Crippen molar-refractivity contribution in [2.45, 2.75) is 12.2 Å². The number of furan rings is 1. The van der Waals surface area contributed by atoms with Gasteiger partial charge in [-0.2, -0.15) is 13.2 Å². The molecule has 0 saturated carbocycles. The van der Waals surface area contributed by atoms with Crippen LogP contribution in [0.15, 0.2) is 70.9 Å². The van der Waals surface area contributed by atoms with Crippen molar-refractivity contribution in [2.24, 2.45) is 0 Å². The summed E-state index contributed by atoms with van der Waals surface area (Å²) in [6.45, 7) is 0. The lowest BCUT2D eigenvalue weighted by Crippen LogP contribution is -2.29. The minimum Gasteiger partial charge on any atom is -0.507 e. The van der Waals surface area contributed by atoms with E-state index < -0.39 is 35.2 Å². The molecule has 10 heteroatoms. The SMILES string of the molecule is COc1ccc(/C(O)=C2/C(=O)C(=O)N(c3cccc(C(F)(F)F)c3)C2c2ccco2)cc1Cl. The molecule has 0 radical (unpaired) electrons. The van der Waals surface area contributed by atoms with E-state index in [9.17, 15) is 27.9 Å². The van der Waals surface area contributed by atoms with Crippen molar-refractivity contribution in [1.29, 1.82) is 0 Å². The maximum absolute atomic E-state index is 13.3. The number of aliphatic hydroxyl groups excluding tert-OH is 1. The summed E-state index contributed by atoms with van der Waals surface area (Å²) in [6, 6.07) is 9.86. The number of anilines is 1. The Kier molecular flexibility index (Phi) is 5.67.